The Balaban J connectivity index is 1.29. The fourth-order valence-electron chi connectivity index (χ4n) is 5.12. The maximum absolute atomic E-state index is 12.7. The number of hydrogen-bond donors (Lipinski definition) is 3. The molecular weight excluding hydrogens is 470 g/mol. The lowest BCUT2D eigenvalue weighted by Crippen LogP contribution is -2.43. The average Bonchev–Trinajstić information content (AvgIpc) is 3.35. The molecule has 1 aliphatic rings. The maximum atomic E-state index is 12.7. The van der Waals surface area contributed by atoms with Crippen LogP contribution in [0.15, 0.2) is 72.9 Å². The van der Waals surface area contributed by atoms with Crippen molar-refractivity contribution < 1.29 is 24.5 Å². The van der Waals surface area contributed by atoms with Crippen LogP contribution in [0.5, 0.6) is 5.75 Å². The molecule has 0 radical (unpaired) electrons. The molecule has 0 bridgehead atoms. The van der Waals surface area contributed by atoms with Gasteiger partial charge in [-0.1, -0.05) is 48.5 Å². The van der Waals surface area contributed by atoms with E-state index in [4.69, 9.17) is 4.74 Å². The number of carboxylic acid groups (broad SMARTS) is 1. The first kappa shape index (κ1) is 24.1. The third-order valence-electron chi connectivity index (χ3n) is 6.87. The number of rotatable bonds is 7. The van der Waals surface area contributed by atoms with Crippen molar-refractivity contribution in [1.82, 2.24) is 14.9 Å². The maximum Gasteiger partial charge on any atom is 0.407 e. The smallest absolute Gasteiger partial charge is 0.407 e. The highest BCUT2D eigenvalue weighted by molar-refractivity contribution is 5.81. The van der Waals surface area contributed by atoms with E-state index in [-0.39, 0.29) is 24.7 Å². The molecule has 1 aliphatic carbocycles. The van der Waals surface area contributed by atoms with Crippen molar-refractivity contribution in [2.45, 2.75) is 32.2 Å². The average molecular weight is 498 g/mol. The number of fused-ring (bicyclic) bond motifs is 3. The molecule has 1 amide bonds. The Hall–Kier alpha value is -4.59. The summed E-state index contributed by atoms with van der Waals surface area (Å²) in [7, 11) is 0. The molecule has 4 aromatic rings. The number of carboxylic acids is 1. The number of carbonyl (C=O) groups is 2. The van der Waals surface area contributed by atoms with Crippen LogP contribution < -0.4 is 5.32 Å². The zero-order valence-electron chi connectivity index (χ0n) is 20.5. The lowest BCUT2D eigenvalue weighted by atomic mass is 9.98. The van der Waals surface area contributed by atoms with E-state index in [9.17, 15) is 19.8 Å². The van der Waals surface area contributed by atoms with E-state index in [0.29, 0.717) is 11.4 Å². The number of aromatic nitrogens is 2. The quantitative estimate of drug-likeness (QED) is 0.340. The molecule has 8 heteroatoms. The van der Waals surface area contributed by atoms with Gasteiger partial charge >= 0.3 is 12.1 Å². The van der Waals surface area contributed by atoms with Crippen molar-refractivity contribution in [3.05, 3.63) is 101 Å². The molecule has 37 heavy (non-hydrogen) atoms. The van der Waals surface area contributed by atoms with Crippen LogP contribution in [0.2, 0.25) is 0 Å². The normalized spacial score (nSPS) is 13.0. The second kappa shape index (κ2) is 9.81. The van der Waals surface area contributed by atoms with Crippen molar-refractivity contribution in [3.63, 3.8) is 0 Å². The lowest BCUT2D eigenvalue weighted by Gasteiger charge is -2.18. The Kier molecular flexibility index (Phi) is 6.40. The predicted octanol–water partition coefficient (Wildman–Crippen LogP) is 4.73. The van der Waals surface area contributed by atoms with Gasteiger partial charge in [0.05, 0.1) is 0 Å². The second-order valence-corrected chi connectivity index (χ2v) is 9.14. The monoisotopic (exact) mass is 497 g/mol. The van der Waals surface area contributed by atoms with E-state index >= 15 is 0 Å². The van der Waals surface area contributed by atoms with Crippen molar-refractivity contribution in [1.29, 1.82) is 0 Å². The zero-order valence-corrected chi connectivity index (χ0v) is 20.5. The summed E-state index contributed by atoms with van der Waals surface area (Å²) in [5, 5.41) is 22.6. The molecule has 0 spiro atoms. The number of benzene rings is 2. The van der Waals surface area contributed by atoms with Crippen molar-refractivity contribution in [3.8, 4) is 22.7 Å². The number of aliphatic carboxylic acids is 1. The number of ether oxygens (including phenoxy) is 1. The molecule has 0 fully saturated rings. The standard InChI is InChI=1S/C29H27N3O5/c1-17-14-19(18(2)32(17)27-26(33)12-7-13-30-27)15-25(28(34)35)31-29(36)37-16-24-22-10-5-3-8-20(22)21-9-4-6-11-23(21)24/h3-14,24-25,33H,15-16H2,1-2H3,(H,31,36)(H,34,35). The minimum atomic E-state index is -1.19. The van der Waals surface area contributed by atoms with Gasteiger partial charge in [0, 0.05) is 29.9 Å². The topological polar surface area (TPSA) is 114 Å². The number of carbonyl (C=O) groups excluding carboxylic acids is 1. The number of hydrogen-bond acceptors (Lipinski definition) is 5. The number of pyridine rings is 1. The van der Waals surface area contributed by atoms with Gasteiger partial charge in [-0.05, 0) is 59.9 Å². The highest BCUT2D eigenvalue weighted by atomic mass is 16.5. The Morgan fingerprint density at radius 3 is 2.30 bits per heavy atom. The van der Waals surface area contributed by atoms with E-state index in [0.717, 1.165) is 33.6 Å². The minimum Gasteiger partial charge on any atom is -0.504 e. The fraction of sp³-hybridized carbons (Fsp3) is 0.207. The van der Waals surface area contributed by atoms with Crippen molar-refractivity contribution >= 4 is 12.1 Å². The van der Waals surface area contributed by atoms with E-state index in [1.54, 1.807) is 22.9 Å². The van der Waals surface area contributed by atoms with Crippen LogP contribution in [0, 0.1) is 13.8 Å². The van der Waals surface area contributed by atoms with E-state index < -0.39 is 18.1 Å². The van der Waals surface area contributed by atoms with Gasteiger partial charge in [0.2, 0.25) is 0 Å². The molecular formula is C29H27N3O5. The first-order valence-corrected chi connectivity index (χ1v) is 12.0. The molecule has 0 aliphatic heterocycles. The van der Waals surface area contributed by atoms with Crippen LogP contribution in [0.4, 0.5) is 4.79 Å². The SMILES string of the molecule is Cc1cc(CC(NC(=O)OCC2c3ccccc3-c3ccccc32)C(=O)O)c(C)n1-c1ncccc1O. The van der Waals surface area contributed by atoms with E-state index in [1.165, 1.54) is 0 Å². The van der Waals surface area contributed by atoms with Crippen molar-refractivity contribution in [2.75, 3.05) is 6.61 Å². The first-order chi connectivity index (χ1) is 17.8. The zero-order chi connectivity index (χ0) is 26.1. The van der Waals surface area contributed by atoms with Gasteiger partial charge in [-0.3, -0.25) is 4.57 Å². The summed E-state index contributed by atoms with van der Waals surface area (Å²) >= 11 is 0. The van der Waals surface area contributed by atoms with Crippen LogP contribution in [0.3, 0.4) is 0 Å². The van der Waals surface area contributed by atoms with Crippen LogP contribution in [-0.2, 0) is 16.0 Å². The van der Waals surface area contributed by atoms with Gasteiger partial charge in [-0.2, -0.15) is 0 Å². The summed E-state index contributed by atoms with van der Waals surface area (Å²) in [6, 6.07) is 19.8. The van der Waals surface area contributed by atoms with Crippen LogP contribution in [-0.4, -0.2) is 44.5 Å². The second-order valence-electron chi connectivity index (χ2n) is 9.14. The Morgan fingerprint density at radius 1 is 1.03 bits per heavy atom. The van der Waals surface area contributed by atoms with Gasteiger partial charge < -0.3 is 20.3 Å². The Labute approximate surface area is 214 Å². The lowest BCUT2D eigenvalue weighted by molar-refractivity contribution is -0.139. The number of alkyl carbamates (subject to hydrolysis) is 1. The molecule has 188 valence electrons. The largest absolute Gasteiger partial charge is 0.504 e. The first-order valence-electron chi connectivity index (χ1n) is 12.0. The van der Waals surface area contributed by atoms with Gasteiger partial charge in [-0.15, -0.1) is 0 Å². The summed E-state index contributed by atoms with van der Waals surface area (Å²) in [4.78, 5) is 29.0. The third kappa shape index (κ3) is 4.53. The fourth-order valence-corrected chi connectivity index (χ4v) is 5.12. The number of nitrogens with zero attached hydrogens (tertiary/aromatic N) is 2. The molecule has 0 saturated heterocycles. The molecule has 2 heterocycles. The number of nitrogens with one attached hydrogen (secondary N) is 1. The number of aromatic hydroxyl groups is 1. The Bertz CT molecular complexity index is 1450. The number of amides is 1. The van der Waals surface area contributed by atoms with E-state index in [2.05, 4.69) is 22.4 Å². The summed E-state index contributed by atoms with van der Waals surface area (Å²) in [6.45, 7) is 3.77. The number of aryl methyl sites for hydroxylation is 1. The highest BCUT2D eigenvalue weighted by Crippen LogP contribution is 2.44. The molecule has 5 rings (SSSR count). The van der Waals surface area contributed by atoms with E-state index in [1.807, 2.05) is 56.3 Å². The molecule has 2 aromatic heterocycles. The van der Waals surface area contributed by atoms with Gasteiger partial charge in [0.15, 0.2) is 11.6 Å². The predicted molar refractivity (Wildman–Crippen MR) is 138 cm³/mol. The molecule has 2 aromatic carbocycles. The molecule has 1 atom stereocenters. The Morgan fingerprint density at radius 2 is 1.68 bits per heavy atom. The van der Waals surface area contributed by atoms with Crippen molar-refractivity contribution in [2.24, 2.45) is 0 Å². The van der Waals surface area contributed by atoms with Crippen LogP contribution >= 0.6 is 0 Å². The highest BCUT2D eigenvalue weighted by Gasteiger charge is 2.30. The molecule has 0 saturated carbocycles. The minimum absolute atomic E-state index is 0.0161. The van der Waals surface area contributed by atoms with Gasteiger partial charge in [-0.25, -0.2) is 14.6 Å². The van der Waals surface area contributed by atoms with Crippen LogP contribution in [0.1, 0.15) is 34.0 Å². The molecule has 8 nitrogen and oxygen atoms in total. The molecule has 3 N–H and O–H groups in total. The summed E-state index contributed by atoms with van der Waals surface area (Å²) < 4.78 is 7.30. The summed E-state index contributed by atoms with van der Waals surface area (Å²) in [6.07, 6.45) is 0.838. The van der Waals surface area contributed by atoms with Gasteiger partial charge in [0.1, 0.15) is 12.6 Å². The summed E-state index contributed by atoms with van der Waals surface area (Å²) in [5.41, 5.74) is 6.62. The van der Waals surface area contributed by atoms with Crippen LogP contribution in [0.25, 0.3) is 16.9 Å². The molecule has 1 unspecified atom stereocenters. The third-order valence-corrected chi connectivity index (χ3v) is 6.87. The van der Waals surface area contributed by atoms with Gasteiger partial charge in [0.25, 0.3) is 0 Å². The summed E-state index contributed by atoms with van der Waals surface area (Å²) in [5.74, 6) is -0.909.